The zero-order valence-corrected chi connectivity index (χ0v) is 10.4. The van der Waals surface area contributed by atoms with Gasteiger partial charge in [-0.25, -0.2) is 0 Å². The minimum Gasteiger partial charge on any atom is -0.396 e. The lowest BCUT2D eigenvalue weighted by molar-refractivity contribution is -0.127. The van der Waals surface area contributed by atoms with Crippen LogP contribution in [0.5, 0.6) is 0 Å². The van der Waals surface area contributed by atoms with Crippen LogP contribution in [0.1, 0.15) is 12.0 Å². The maximum atomic E-state index is 11.7. The third-order valence-corrected chi connectivity index (χ3v) is 2.51. The van der Waals surface area contributed by atoms with E-state index < -0.39 is 0 Å². The Bertz CT molecular complexity index is 364. The van der Waals surface area contributed by atoms with Crippen molar-refractivity contribution in [2.75, 3.05) is 32.6 Å². The van der Waals surface area contributed by atoms with Crippen LogP contribution >= 0.6 is 0 Å². The molecular weight excluding hydrogens is 216 g/mol. The second kappa shape index (κ2) is 6.91. The number of aliphatic hydroxyl groups is 1. The molecule has 0 aliphatic carbocycles. The Labute approximate surface area is 102 Å². The molecule has 0 saturated heterocycles. The van der Waals surface area contributed by atoms with Crippen molar-refractivity contribution in [3.8, 4) is 0 Å². The number of amides is 1. The summed E-state index contributed by atoms with van der Waals surface area (Å²) in [6.07, 6.45) is 1.10. The van der Waals surface area contributed by atoms with Gasteiger partial charge in [-0.1, -0.05) is 18.2 Å². The molecule has 0 radical (unpaired) electrons. The average molecular weight is 236 g/mol. The third-order valence-electron chi connectivity index (χ3n) is 2.51. The maximum Gasteiger partial charge on any atom is 0.226 e. The molecular formula is C13H20N2O2. The van der Waals surface area contributed by atoms with Crippen molar-refractivity contribution in [2.24, 2.45) is 0 Å². The fourth-order valence-electron chi connectivity index (χ4n) is 1.47. The number of rotatable bonds is 6. The molecule has 4 nitrogen and oxygen atoms in total. The Morgan fingerprint density at radius 3 is 2.71 bits per heavy atom. The summed E-state index contributed by atoms with van der Waals surface area (Å²) >= 11 is 0. The quantitative estimate of drug-likeness (QED) is 0.728. The Morgan fingerprint density at radius 2 is 2.06 bits per heavy atom. The summed E-state index contributed by atoms with van der Waals surface area (Å²) in [7, 11) is 3.51. The maximum absolute atomic E-state index is 11.7. The van der Waals surface area contributed by atoms with Crippen LogP contribution in [0.3, 0.4) is 0 Å². The number of aliphatic hydroxyl groups excluding tert-OH is 1. The molecule has 1 rings (SSSR count). The summed E-state index contributed by atoms with van der Waals surface area (Å²) in [6.45, 7) is 0.884. The molecule has 0 bridgehead atoms. The molecule has 0 fully saturated rings. The summed E-state index contributed by atoms with van der Waals surface area (Å²) in [5.41, 5.74) is 1.96. The van der Waals surface area contributed by atoms with Gasteiger partial charge in [0.1, 0.15) is 0 Å². The van der Waals surface area contributed by atoms with Gasteiger partial charge >= 0.3 is 0 Å². The number of anilines is 1. The van der Waals surface area contributed by atoms with Crippen molar-refractivity contribution < 1.29 is 9.90 Å². The van der Waals surface area contributed by atoms with E-state index in [1.165, 1.54) is 0 Å². The lowest BCUT2D eigenvalue weighted by Crippen LogP contribution is -2.24. The predicted molar refractivity (Wildman–Crippen MR) is 69.0 cm³/mol. The summed E-state index contributed by atoms with van der Waals surface area (Å²) in [5.74, 6) is 0.0846. The van der Waals surface area contributed by atoms with Gasteiger partial charge in [-0.15, -0.1) is 0 Å². The molecule has 2 N–H and O–H groups in total. The first-order chi connectivity index (χ1) is 8.15. The van der Waals surface area contributed by atoms with Crippen molar-refractivity contribution in [1.29, 1.82) is 0 Å². The summed E-state index contributed by atoms with van der Waals surface area (Å²) in [6, 6.07) is 7.76. The zero-order chi connectivity index (χ0) is 12.7. The molecule has 4 heteroatoms. The highest BCUT2D eigenvalue weighted by atomic mass is 16.3. The van der Waals surface area contributed by atoms with E-state index in [9.17, 15) is 4.79 Å². The number of nitrogens with zero attached hydrogens (tertiary/aromatic N) is 1. The zero-order valence-electron chi connectivity index (χ0n) is 10.4. The van der Waals surface area contributed by atoms with E-state index in [0.717, 1.165) is 11.3 Å². The number of carbonyl (C=O) groups is 1. The highest BCUT2D eigenvalue weighted by Crippen LogP contribution is 2.16. The van der Waals surface area contributed by atoms with E-state index in [-0.39, 0.29) is 12.5 Å². The van der Waals surface area contributed by atoms with Crippen molar-refractivity contribution in [3.63, 3.8) is 0 Å². The smallest absolute Gasteiger partial charge is 0.226 e. The van der Waals surface area contributed by atoms with E-state index in [0.29, 0.717) is 19.4 Å². The molecule has 1 aromatic rings. The number of hydrogen-bond donors (Lipinski definition) is 2. The van der Waals surface area contributed by atoms with Crippen LogP contribution in [0, 0.1) is 0 Å². The number of carbonyl (C=O) groups excluding carboxylic acids is 1. The topological polar surface area (TPSA) is 52.6 Å². The van der Waals surface area contributed by atoms with Gasteiger partial charge in [0.2, 0.25) is 5.91 Å². The minimum atomic E-state index is 0.0846. The van der Waals surface area contributed by atoms with Crippen molar-refractivity contribution in [2.45, 2.75) is 12.8 Å². The first-order valence-electron chi connectivity index (χ1n) is 5.78. The van der Waals surface area contributed by atoms with Crippen molar-refractivity contribution in [3.05, 3.63) is 29.8 Å². The Morgan fingerprint density at radius 1 is 1.35 bits per heavy atom. The first kappa shape index (κ1) is 13.5. The molecule has 0 spiro atoms. The van der Waals surface area contributed by atoms with Gasteiger partial charge in [0.15, 0.2) is 0 Å². The minimum absolute atomic E-state index is 0.0846. The molecule has 0 saturated carbocycles. The van der Waals surface area contributed by atoms with Gasteiger partial charge in [-0.05, 0) is 18.1 Å². The van der Waals surface area contributed by atoms with Gasteiger partial charge in [0.25, 0.3) is 0 Å². The van der Waals surface area contributed by atoms with Gasteiger partial charge in [-0.2, -0.15) is 0 Å². The van der Waals surface area contributed by atoms with Gasteiger partial charge in [-0.3, -0.25) is 4.79 Å². The van der Waals surface area contributed by atoms with Crippen LogP contribution < -0.4 is 5.32 Å². The highest BCUT2D eigenvalue weighted by Gasteiger charge is 2.08. The summed E-state index contributed by atoms with van der Waals surface area (Å²) in [5, 5.41) is 12.0. The van der Waals surface area contributed by atoms with E-state index in [1.54, 1.807) is 19.0 Å². The van der Waals surface area contributed by atoms with Crippen LogP contribution in [-0.2, 0) is 11.2 Å². The van der Waals surface area contributed by atoms with Gasteiger partial charge < -0.3 is 15.3 Å². The van der Waals surface area contributed by atoms with E-state index >= 15 is 0 Å². The molecule has 0 aliphatic rings. The summed E-state index contributed by atoms with van der Waals surface area (Å²) in [4.78, 5) is 13.2. The highest BCUT2D eigenvalue weighted by molar-refractivity contribution is 5.80. The fraction of sp³-hybridized carbons (Fsp3) is 0.462. The molecule has 0 aromatic heterocycles. The van der Waals surface area contributed by atoms with E-state index in [4.69, 9.17) is 5.11 Å². The van der Waals surface area contributed by atoms with Gasteiger partial charge in [0, 0.05) is 32.9 Å². The molecule has 1 amide bonds. The number of benzene rings is 1. The van der Waals surface area contributed by atoms with Crippen molar-refractivity contribution in [1.82, 2.24) is 4.90 Å². The van der Waals surface area contributed by atoms with Crippen molar-refractivity contribution >= 4 is 11.6 Å². The normalized spacial score (nSPS) is 10.1. The standard InChI is InChI=1S/C13H20N2O2/c1-15(2)13(17)10-11-6-3-4-7-12(11)14-8-5-9-16/h3-4,6-7,14,16H,5,8-10H2,1-2H3. The molecule has 0 heterocycles. The lowest BCUT2D eigenvalue weighted by Gasteiger charge is -2.14. The predicted octanol–water partition coefficient (Wildman–Crippen LogP) is 1.11. The second-order valence-electron chi connectivity index (χ2n) is 4.13. The Hall–Kier alpha value is -1.55. The van der Waals surface area contributed by atoms with Crippen LogP contribution in [0.25, 0.3) is 0 Å². The monoisotopic (exact) mass is 236 g/mol. The Kier molecular flexibility index (Phi) is 5.49. The SMILES string of the molecule is CN(C)C(=O)Cc1ccccc1NCCCO. The first-order valence-corrected chi connectivity index (χ1v) is 5.78. The molecule has 0 atom stereocenters. The van der Waals surface area contributed by atoms with E-state index in [2.05, 4.69) is 5.32 Å². The van der Waals surface area contributed by atoms with Gasteiger partial charge in [0.05, 0.1) is 6.42 Å². The molecule has 0 unspecified atom stereocenters. The van der Waals surface area contributed by atoms with E-state index in [1.807, 2.05) is 24.3 Å². The van der Waals surface area contributed by atoms with Crippen LogP contribution in [-0.4, -0.2) is 43.2 Å². The summed E-state index contributed by atoms with van der Waals surface area (Å²) < 4.78 is 0. The molecule has 94 valence electrons. The van der Waals surface area contributed by atoms with Crippen LogP contribution in [0.2, 0.25) is 0 Å². The molecule has 1 aromatic carbocycles. The molecule has 0 aliphatic heterocycles. The van der Waals surface area contributed by atoms with Crippen LogP contribution in [0.15, 0.2) is 24.3 Å². The number of likely N-dealkylation sites (N-methyl/N-ethyl adjacent to an activating group) is 1. The number of nitrogens with one attached hydrogen (secondary N) is 1. The second-order valence-corrected chi connectivity index (χ2v) is 4.13. The third kappa shape index (κ3) is 4.44. The fourth-order valence-corrected chi connectivity index (χ4v) is 1.47. The van der Waals surface area contributed by atoms with Crippen LogP contribution in [0.4, 0.5) is 5.69 Å². The number of para-hydroxylation sites is 1. The largest absolute Gasteiger partial charge is 0.396 e. The Balaban J connectivity index is 2.67. The molecule has 17 heavy (non-hydrogen) atoms. The lowest BCUT2D eigenvalue weighted by atomic mass is 10.1. The number of hydrogen-bond acceptors (Lipinski definition) is 3. The average Bonchev–Trinajstić information content (AvgIpc) is 2.31.